The lowest BCUT2D eigenvalue weighted by Crippen LogP contribution is -2.15. The van der Waals surface area contributed by atoms with Crippen molar-refractivity contribution in [3.05, 3.63) is 34.9 Å². The Kier molecular flexibility index (Phi) is 5.85. The summed E-state index contributed by atoms with van der Waals surface area (Å²) in [7, 11) is 1.71. The zero-order valence-electron chi connectivity index (χ0n) is 9.94. The minimum atomic E-state index is -1.51. The number of esters is 1. The number of hydrogen-bond acceptors (Lipinski definition) is 3. The van der Waals surface area contributed by atoms with E-state index in [4.69, 9.17) is 16.3 Å². The Balaban J connectivity index is 2.41. The SMILES string of the molecule is B[C@H](COC(=O)c1ccc(Cl)cc1)C[C@H](F)C=O. The van der Waals surface area contributed by atoms with Crippen molar-refractivity contribution in [1.82, 2.24) is 0 Å². The molecule has 0 heterocycles. The number of benzene rings is 1. The van der Waals surface area contributed by atoms with E-state index in [-0.39, 0.29) is 25.1 Å². The Morgan fingerprint density at radius 1 is 1.44 bits per heavy atom. The fraction of sp³-hybridized carbons (Fsp3) is 0.333. The topological polar surface area (TPSA) is 43.4 Å². The molecule has 0 unspecified atom stereocenters. The summed E-state index contributed by atoms with van der Waals surface area (Å²) >= 11 is 5.69. The summed E-state index contributed by atoms with van der Waals surface area (Å²) in [5.41, 5.74) is 0.388. The first-order valence-electron chi connectivity index (χ1n) is 5.55. The second-order valence-electron chi connectivity index (χ2n) is 4.10. The standard InChI is InChI=1S/C12H13BClFO3/c13-9(5-11(15)6-16)7-18-12(17)8-1-3-10(14)4-2-8/h1-4,6,9,11H,5,7,13H2/t9-,11-/m0/s1. The van der Waals surface area contributed by atoms with Gasteiger partial charge in [-0.2, -0.15) is 0 Å². The van der Waals surface area contributed by atoms with Crippen molar-refractivity contribution >= 4 is 31.7 Å². The van der Waals surface area contributed by atoms with Crippen molar-refractivity contribution in [2.24, 2.45) is 0 Å². The van der Waals surface area contributed by atoms with Crippen molar-refractivity contribution in [2.75, 3.05) is 6.61 Å². The first-order chi connectivity index (χ1) is 8.52. The van der Waals surface area contributed by atoms with Crippen LogP contribution in [0.2, 0.25) is 10.8 Å². The van der Waals surface area contributed by atoms with Crippen molar-refractivity contribution in [3.63, 3.8) is 0 Å². The number of alkyl halides is 1. The smallest absolute Gasteiger partial charge is 0.338 e. The Labute approximate surface area is 111 Å². The lowest BCUT2D eigenvalue weighted by Gasteiger charge is -2.12. The van der Waals surface area contributed by atoms with Gasteiger partial charge in [-0.1, -0.05) is 11.6 Å². The van der Waals surface area contributed by atoms with E-state index in [0.717, 1.165) is 0 Å². The van der Waals surface area contributed by atoms with E-state index in [1.807, 2.05) is 0 Å². The molecule has 0 bridgehead atoms. The molecule has 0 amide bonds. The molecule has 0 aromatic heterocycles. The molecule has 0 fully saturated rings. The Morgan fingerprint density at radius 3 is 2.61 bits per heavy atom. The van der Waals surface area contributed by atoms with E-state index in [0.29, 0.717) is 10.6 Å². The van der Waals surface area contributed by atoms with Gasteiger partial charge in [-0.25, -0.2) is 9.18 Å². The molecule has 3 nitrogen and oxygen atoms in total. The minimum absolute atomic E-state index is 0.0530. The summed E-state index contributed by atoms with van der Waals surface area (Å²) in [6, 6.07) is 6.29. The summed E-state index contributed by atoms with van der Waals surface area (Å²) in [5.74, 6) is -0.693. The molecule has 0 aliphatic heterocycles. The second-order valence-corrected chi connectivity index (χ2v) is 4.53. The van der Waals surface area contributed by atoms with E-state index in [2.05, 4.69) is 0 Å². The number of rotatable bonds is 6. The molecule has 0 N–H and O–H groups in total. The van der Waals surface area contributed by atoms with Gasteiger partial charge in [0.25, 0.3) is 0 Å². The summed E-state index contributed by atoms with van der Waals surface area (Å²) in [4.78, 5) is 21.7. The molecule has 0 saturated carbocycles. The van der Waals surface area contributed by atoms with Crippen LogP contribution in [0.4, 0.5) is 4.39 Å². The van der Waals surface area contributed by atoms with Gasteiger partial charge >= 0.3 is 5.97 Å². The van der Waals surface area contributed by atoms with Crippen LogP contribution < -0.4 is 0 Å². The molecule has 6 heteroatoms. The van der Waals surface area contributed by atoms with Crippen molar-refractivity contribution < 1.29 is 18.7 Å². The molecule has 2 atom stereocenters. The second kappa shape index (κ2) is 7.16. The van der Waals surface area contributed by atoms with Crippen LogP contribution >= 0.6 is 11.6 Å². The minimum Gasteiger partial charge on any atom is -0.463 e. The summed E-state index contributed by atoms with van der Waals surface area (Å²) in [5, 5.41) is 0.533. The van der Waals surface area contributed by atoms with Gasteiger partial charge in [0, 0.05) is 5.02 Å². The van der Waals surface area contributed by atoms with Crippen LogP contribution in [-0.2, 0) is 9.53 Å². The third-order valence-corrected chi connectivity index (χ3v) is 2.61. The van der Waals surface area contributed by atoms with Gasteiger partial charge in [0.1, 0.15) is 7.85 Å². The average Bonchev–Trinajstić information content (AvgIpc) is 2.36. The maximum absolute atomic E-state index is 12.8. The van der Waals surface area contributed by atoms with Crippen LogP contribution in [0, 0.1) is 0 Å². The third-order valence-electron chi connectivity index (χ3n) is 2.35. The highest BCUT2D eigenvalue weighted by atomic mass is 35.5. The van der Waals surface area contributed by atoms with Gasteiger partial charge in [-0.05, 0) is 36.5 Å². The largest absolute Gasteiger partial charge is 0.463 e. The monoisotopic (exact) mass is 270 g/mol. The van der Waals surface area contributed by atoms with Gasteiger partial charge in [0.2, 0.25) is 0 Å². The third kappa shape index (κ3) is 4.88. The van der Waals surface area contributed by atoms with Gasteiger partial charge in [-0.15, -0.1) is 0 Å². The summed E-state index contributed by atoms with van der Waals surface area (Å²) in [6.45, 7) is 0.0791. The molecule has 0 saturated heterocycles. The molecule has 0 aliphatic carbocycles. The number of carbonyl (C=O) groups is 2. The predicted molar refractivity (Wildman–Crippen MR) is 69.6 cm³/mol. The summed E-state index contributed by atoms with van der Waals surface area (Å²) < 4.78 is 17.8. The lowest BCUT2D eigenvalue weighted by atomic mass is 9.84. The van der Waals surface area contributed by atoms with Crippen molar-refractivity contribution in [2.45, 2.75) is 18.4 Å². The number of hydrogen-bond donors (Lipinski definition) is 0. The van der Waals surface area contributed by atoms with E-state index in [9.17, 15) is 14.0 Å². The van der Waals surface area contributed by atoms with E-state index in [1.165, 1.54) is 0 Å². The first-order valence-corrected chi connectivity index (χ1v) is 5.92. The zero-order valence-corrected chi connectivity index (χ0v) is 10.7. The fourth-order valence-electron chi connectivity index (χ4n) is 1.40. The lowest BCUT2D eigenvalue weighted by molar-refractivity contribution is -0.112. The number of ether oxygens (including phenoxy) is 1. The van der Waals surface area contributed by atoms with Gasteiger partial charge < -0.3 is 9.53 Å². The van der Waals surface area contributed by atoms with Crippen molar-refractivity contribution in [1.29, 1.82) is 0 Å². The Morgan fingerprint density at radius 2 is 2.06 bits per heavy atom. The zero-order chi connectivity index (χ0) is 13.5. The van der Waals surface area contributed by atoms with E-state index in [1.54, 1.807) is 32.1 Å². The summed E-state index contributed by atoms with van der Waals surface area (Å²) in [6.07, 6.45) is -1.20. The van der Waals surface area contributed by atoms with Crippen molar-refractivity contribution in [3.8, 4) is 0 Å². The highest BCUT2D eigenvalue weighted by molar-refractivity contribution is 6.30. The van der Waals surface area contributed by atoms with E-state index >= 15 is 0 Å². The van der Waals surface area contributed by atoms with Crippen LogP contribution in [0.3, 0.4) is 0 Å². The maximum Gasteiger partial charge on any atom is 0.338 e. The quantitative estimate of drug-likeness (QED) is 0.450. The molecule has 0 radical (unpaired) electrons. The Hall–Kier alpha value is -1.36. The molecule has 0 spiro atoms. The van der Waals surface area contributed by atoms with Gasteiger partial charge in [-0.3, -0.25) is 0 Å². The Bertz CT molecular complexity index is 410. The highest BCUT2D eigenvalue weighted by Gasteiger charge is 2.14. The molecule has 1 aromatic carbocycles. The molecule has 0 aliphatic rings. The van der Waals surface area contributed by atoms with Crippen LogP contribution in [0.5, 0.6) is 0 Å². The fourth-order valence-corrected chi connectivity index (χ4v) is 1.52. The molecule has 18 heavy (non-hydrogen) atoms. The number of aldehydes is 1. The van der Waals surface area contributed by atoms with Crippen LogP contribution in [0.15, 0.2) is 24.3 Å². The van der Waals surface area contributed by atoms with Crippen LogP contribution in [0.1, 0.15) is 16.8 Å². The molecular weight excluding hydrogens is 257 g/mol. The normalized spacial score (nSPS) is 13.7. The number of halogens is 2. The van der Waals surface area contributed by atoms with E-state index < -0.39 is 12.1 Å². The number of carbonyl (C=O) groups excluding carboxylic acids is 2. The predicted octanol–water partition coefficient (Wildman–Crippen LogP) is 1.85. The van der Waals surface area contributed by atoms with Crippen LogP contribution in [0.25, 0.3) is 0 Å². The molecule has 96 valence electrons. The van der Waals surface area contributed by atoms with Gasteiger partial charge in [0.05, 0.1) is 12.2 Å². The van der Waals surface area contributed by atoms with Crippen LogP contribution in [-0.4, -0.2) is 32.9 Å². The molecule has 1 aromatic rings. The first kappa shape index (κ1) is 14.7. The molecular formula is C12H13BClFO3. The average molecular weight is 270 g/mol. The molecule has 1 rings (SSSR count). The van der Waals surface area contributed by atoms with Gasteiger partial charge in [0.15, 0.2) is 12.5 Å². The highest BCUT2D eigenvalue weighted by Crippen LogP contribution is 2.14. The maximum atomic E-state index is 12.8.